The van der Waals surface area contributed by atoms with E-state index in [-0.39, 0.29) is 29.8 Å². The van der Waals surface area contributed by atoms with Crippen LogP contribution in [0.25, 0.3) is 0 Å². The number of aliphatic imine (C=N–C) groups is 1. The minimum atomic E-state index is -4.78. The fourth-order valence-corrected chi connectivity index (χ4v) is 1.71. The van der Waals surface area contributed by atoms with Gasteiger partial charge in [-0.3, -0.25) is 4.99 Å². The summed E-state index contributed by atoms with van der Waals surface area (Å²) in [6.45, 7) is -0.0775. The summed E-state index contributed by atoms with van der Waals surface area (Å²) in [6, 6.07) is 6.92. The highest BCUT2D eigenvalue weighted by molar-refractivity contribution is 6.31. The smallest absolute Gasteiger partial charge is 0.457 e. The van der Waals surface area contributed by atoms with Gasteiger partial charge in [0.15, 0.2) is 0 Å². The van der Waals surface area contributed by atoms with Crippen LogP contribution in [0, 0.1) is 0 Å². The number of nitrogens with one attached hydrogen (secondary N) is 1. The van der Waals surface area contributed by atoms with Gasteiger partial charge in [-0.15, -0.1) is 13.2 Å². The number of rotatable bonds is 7. The third-order valence-corrected chi connectivity index (χ3v) is 2.82. The Hall–Kier alpha value is -3.37. The normalized spacial score (nSPS) is 12.2. The molecule has 1 aromatic heterocycles. The standard InChI is InChI=1S/C15H15F3N6O2/c1-20-13-5-6-21-14(23-13)25-9-11(24-19)8-22-10-3-2-4-12(7-10)26-15(16,17)18/h2-8H,9,19H2,1H3,(H,20,21,23). The second-order valence-corrected chi connectivity index (χ2v) is 4.69. The van der Waals surface area contributed by atoms with Crippen molar-refractivity contribution < 1.29 is 22.6 Å². The lowest BCUT2D eigenvalue weighted by Gasteiger charge is -2.08. The van der Waals surface area contributed by atoms with Crippen LogP contribution in [0.1, 0.15) is 0 Å². The van der Waals surface area contributed by atoms with E-state index < -0.39 is 6.36 Å². The van der Waals surface area contributed by atoms with E-state index in [1.807, 2.05) is 0 Å². The Morgan fingerprint density at radius 1 is 1.35 bits per heavy atom. The Kier molecular flexibility index (Phi) is 6.31. The van der Waals surface area contributed by atoms with Crippen LogP contribution in [-0.4, -0.2) is 41.9 Å². The summed E-state index contributed by atoms with van der Waals surface area (Å²) < 4.78 is 45.9. The fraction of sp³-hybridized carbons (Fsp3) is 0.200. The van der Waals surface area contributed by atoms with Crippen LogP contribution in [0.2, 0.25) is 0 Å². The Balaban J connectivity index is 2.00. The van der Waals surface area contributed by atoms with Gasteiger partial charge in [-0.25, -0.2) is 4.98 Å². The Morgan fingerprint density at radius 3 is 2.85 bits per heavy atom. The molecular weight excluding hydrogens is 353 g/mol. The highest BCUT2D eigenvalue weighted by Crippen LogP contribution is 2.26. The van der Waals surface area contributed by atoms with E-state index in [1.165, 1.54) is 30.6 Å². The van der Waals surface area contributed by atoms with Crippen molar-refractivity contribution >= 4 is 23.4 Å². The first kappa shape index (κ1) is 19.0. The molecule has 0 aliphatic heterocycles. The van der Waals surface area contributed by atoms with Crippen LogP contribution in [0.3, 0.4) is 0 Å². The molecular formula is C15H15F3N6O2. The molecule has 26 heavy (non-hydrogen) atoms. The lowest BCUT2D eigenvalue weighted by Crippen LogP contribution is -2.17. The van der Waals surface area contributed by atoms with Crippen LogP contribution in [0.5, 0.6) is 11.8 Å². The van der Waals surface area contributed by atoms with Crippen molar-refractivity contribution in [1.29, 1.82) is 0 Å². The molecule has 0 aliphatic carbocycles. The molecule has 138 valence electrons. The third kappa shape index (κ3) is 6.26. The fourth-order valence-electron chi connectivity index (χ4n) is 1.71. The van der Waals surface area contributed by atoms with Crippen molar-refractivity contribution in [3.05, 3.63) is 36.5 Å². The predicted octanol–water partition coefficient (Wildman–Crippen LogP) is 2.51. The number of ether oxygens (including phenoxy) is 2. The Morgan fingerprint density at radius 2 is 2.15 bits per heavy atom. The SMILES string of the molecule is CNc1ccnc(OCC(C=Nc2cccc(OC(F)(F)F)c2)=NN)n1. The van der Waals surface area contributed by atoms with Crippen molar-refractivity contribution in [2.75, 3.05) is 19.0 Å². The minimum Gasteiger partial charge on any atom is -0.457 e. The molecule has 0 bridgehead atoms. The summed E-state index contributed by atoms with van der Waals surface area (Å²) in [4.78, 5) is 12.0. The molecule has 11 heteroatoms. The number of nitrogens with zero attached hydrogens (tertiary/aromatic N) is 4. The summed E-state index contributed by atoms with van der Waals surface area (Å²) >= 11 is 0. The molecule has 0 amide bonds. The maximum atomic E-state index is 12.2. The van der Waals surface area contributed by atoms with E-state index in [2.05, 4.69) is 30.1 Å². The van der Waals surface area contributed by atoms with Crippen LogP contribution in [0.4, 0.5) is 24.7 Å². The third-order valence-electron chi connectivity index (χ3n) is 2.82. The zero-order valence-corrected chi connectivity index (χ0v) is 13.6. The van der Waals surface area contributed by atoms with Crippen LogP contribution in [0.15, 0.2) is 46.6 Å². The van der Waals surface area contributed by atoms with E-state index in [0.717, 1.165) is 6.07 Å². The first-order valence-corrected chi connectivity index (χ1v) is 7.20. The molecule has 1 heterocycles. The average Bonchev–Trinajstić information content (AvgIpc) is 2.61. The zero-order valence-electron chi connectivity index (χ0n) is 13.6. The molecule has 0 atom stereocenters. The van der Waals surface area contributed by atoms with E-state index in [9.17, 15) is 13.2 Å². The minimum absolute atomic E-state index is 0.0775. The highest BCUT2D eigenvalue weighted by Gasteiger charge is 2.31. The summed E-state index contributed by atoms with van der Waals surface area (Å²) in [5, 5.41) is 6.34. The Labute approximate surface area is 146 Å². The molecule has 0 fully saturated rings. The van der Waals surface area contributed by atoms with Gasteiger partial charge in [0.05, 0.1) is 11.9 Å². The second-order valence-electron chi connectivity index (χ2n) is 4.69. The number of halogens is 3. The lowest BCUT2D eigenvalue weighted by atomic mass is 10.3. The number of hydrogen-bond donors (Lipinski definition) is 2. The molecule has 0 radical (unpaired) electrons. The van der Waals surface area contributed by atoms with E-state index >= 15 is 0 Å². The van der Waals surface area contributed by atoms with Crippen LogP contribution < -0.4 is 20.6 Å². The summed E-state index contributed by atoms with van der Waals surface area (Å²) in [6.07, 6.45) is -2.01. The average molecular weight is 368 g/mol. The summed E-state index contributed by atoms with van der Waals surface area (Å²) in [7, 11) is 1.70. The molecule has 3 N–H and O–H groups in total. The van der Waals surface area contributed by atoms with Crippen LogP contribution >= 0.6 is 0 Å². The maximum absolute atomic E-state index is 12.2. The molecule has 2 aromatic rings. The summed E-state index contributed by atoms with van der Waals surface area (Å²) in [5.41, 5.74) is 0.451. The van der Waals surface area contributed by atoms with Gasteiger partial charge >= 0.3 is 12.4 Å². The van der Waals surface area contributed by atoms with Gasteiger partial charge in [-0.2, -0.15) is 10.1 Å². The number of alkyl halides is 3. The van der Waals surface area contributed by atoms with Gasteiger partial charge in [0.1, 0.15) is 23.9 Å². The van der Waals surface area contributed by atoms with E-state index in [0.29, 0.717) is 5.82 Å². The molecule has 1 aromatic carbocycles. The molecule has 8 nitrogen and oxygen atoms in total. The second kappa shape index (κ2) is 8.65. The van der Waals surface area contributed by atoms with E-state index in [4.69, 9.17) is 10.6 Å². The molecule has 0 unspecified atom stereocenters. The number of hydrogen-bond acceptors (Lipinski definition) is 8. The van der Waals surface area contributed by atoms with Crippen LogP contribution in [-0.2, 0) is 0 Å². The monoisotopic (exact) mass is 368 g/mol. The first-order chi connectivity index (χ1) is 12.4. The number of aromatic nitrogens is 2. The number of nitrogens with two attached hydrogens (primary N) is 1. The first-order valence-electron chi connectivity index (χ1n) is 7.20. The Bertz CT molecular complexity index is 795. The number of anilines is 1. The van der Waals surface area contributed by atoms with Crippen molar-refractivity contribution in [1.82, 2.24) is 9.97 Å². The quantitative estimate of drug-likeness (QED) is 0.442. The van der Waals surface area contributed by atoms with Gasteiger partial charge in [0.2, 0.25) is 0 Å². The van der Waals surface area contributed by atoms with Crippen molar-refractivity contribution in [3.63, 3.8) is 0 Å². The number of benzene rings is 1. The van der Waals surface area contributed by atoms with Gasteiger partial charge in [-0.05, 0) is 18.2 Å². The molecule has 0 spiro atoms. The predicted molar refractivity (Wildman–Crippen MR) is 90.0 cm³/mol. The summed E-state index contributed by atoms with van der Waals surface area (Å²) in [5.74, 6) is 5.44. The lowest BCUT2D eigenvalue weighted by molar-refractivity contribution is -0.274. The maximum Gasteiger partial charge on any atom is 0.573 e. The van der Waals surface area contributed by atoms with Crippen molar-refractivity contribution in [2.24, 2.45) is 15.9 Å². The van der Waals surface area contributed by atoms with Gasteiger partial charge in [0, 0.05) is 19.3 Å². The van der Waals surface area contributed by atoms with E-state index in [1.54, 1.807) is 13.1 Å². The topological polar surface area (TPSA) is 107 Å². The molecule has 0 saturated heterocycles. The van der Waals surface area contributed by atoms with Crippen molar-refractivity contribution in [2.45, 2.75) is 6.36 Å². The van der Waals surface area contributed by atoms with Gasteiger partial charge in [0.25, 0.3) is 0 Å². The molecule has 0 saturated carbocycles. The highest BCUT2D eigenvalue weighted by atomic mass is 19.4. The van der Waals surface area contributed by atoms with Gasteiger partial charge in [-0.1, -0.05) is 6.07 Å². The van der Waals surface area contributed by atoms with Crippen molar-refractivity contribution in [3.8, 4) is 11.8 Å². The number of hydrazone groups is 1. The van der Waals surface area contributed by atoms with Gasteiger partial charge < -0.3 is 20.6 Å². The molecule has 0 aliphatic rings. The molecule has 2 rings (SSSR count). The largest absolute Gasteiger partial charge is 0.573 e. The zero-order chi connectivity index (χ0) is 19.0.